The third-order valence-corrected chi connectivity index (χ3v) is 5.20. The maximum Gasteiger partial charge on any atom is 0.410 e. The zero-order valence-corrected chi connectivity index (χ0v) is 19.5. The van der Waals surface area contributed by atoms with Gasteiger partial charge in [0.25, 0.3) is 5.89 Å². The lowest BCUT2D eigenvalue weighted by molar-refractivity contribution is 0.0203. The molecule has 4 rings (SSSR count). The van der Waals surface area contributed by atoms with Crippen LogP contribution in [0.3, 0.4) is 0 Å². The molecule has 0 atom stereocenters. The number of nitrogens with two attached hydrogens (primary N) is 1. The zero-order valence-electron chi connectivity index (χ0n) is 19.5. The Morgan fingerprint density at radius 2 is 1.97 bits per heavy atom. The van der Waals surface area contributed by atoms with Crippen LogP contribution < -0.4 is 5.73 Å². The molecule has 0 spiro atoms. The van der Waals surface area contributed by atoms with E-state index in [0.29, 0.717) is 36.2 Å². The quantitative estimate of drug-likeness (QED) is 0.597. The second-order valence-electron chi connectivity index (χ2n) is 9.38. The Bertz CT molecular complexity index is 1120. The third-order valence-electron chi connectivity index (χ3n) is 5.20. The van der Waals surface area contributed by atoms with E-state index in [4.69, 9.17) is 14.9 Å². The number of piperidine rings is 1. The molecular weight excluding hydrogens is 426 g/mol. The van der Waals surface area contributed by atoms with Crippen molar-refractivity contribution in [2.24, 2.45) is 0 Å². The van der Waals surface area contributed by atoms with Gasteiger partial charge in [0, 0.05) is 24.9 Å². The van der Waals surface area contributed by atoms with Gasteiger partial charge in [-0.25, -0.2) is 19.7 Å². The van der Waals surface area contributed by atoms with E-state index in [0.717, 1.165) is 18.7 Å². The lowest BCUT2D eigenvalue weighted by Gasteiger charge is -2.32. The molecule has 0 radical (unpaired) electrons. The summed E-state index contributed by atoms with van der Waals surface area (Å²) in [7, 11) is 0. The molecule has 176 valence electrons. The molecule has 0 aromatic carbocycles. The molecular formula is C21H29N9O3. The third kappa shape index (κ3) is 5.10. The molecule has 1 saturated heterocycles. The Kier molecular flexibility index (Phi) is 6.00. The fourth-order valence-electron chi connectivity index (χ4n) is 3.46. The molecule has 12 nitrogen and oxygen atoms in total. The Balaban J connectivity index is 1.46. The van der Waals surface area contributed by atoms with Gasteiger partial charge in [0.15, 0.2) is 11.5 Å². The highest BCUT2D eigenvalue weighted by molar-refractivity contribution is 5.68. The van der Waals surface area contributed by atoms with E-state index in [9.17, 15) is 4.79 Å². The van der Waals surface area contributed by atoms with E-state index in [1.807, 2.05) is 34.6 Å². The molecule has 4 heterocycles. The molecule has 1 aliphatic heterocycles. The summed E-state index contributed by atoms with van der Waals surface area (Å²) in [6.07, 6.45) is 2.74. The monoisotopic (exact) mass is 455 g/mol. The minimum absolute atomic E-state index is 0.0842. The number of rotatable bonds is 4. The summed E-state index contributed by atoms with van der Waals surface area (Å²) in [5.41, 5.74) is 6.22. The second-order valence-corrected chi connectivity index (χ2v) is 9.38. The van der Waals surface area contributed by atoms with Crippen LogP contribution in [-0.4, -0.2) is 65.0 Å². The number of H-pyrrole nitrogens is 1. The number of carbonyl (C=O) groups is 1. The fraction of sp³-hybridized carbons (Fsp3) is 0.571. The largest absolute Gasteiger partial charge is 0.444 e. The number of aromatic amines is 1. The lowest BCUT2D eigenvalue weighted by Crippen LogP contribution is -2.41. The van der Waals surface area contributed by atoms with Crippen molar-refractivity contribution in [3.05, 3.63) is 17.9 Å². The Morgan fingerprint density at radius 3 is 2.61 bits per heavy atom. The molecule has 0 aliphatic carbocycles. The fourth-order valence-corrected chi connectivity index (χ4v) is 3.46. The smallest absolute Gasteiger partial charge is 0.410 e. The van der Waals surface area contributed by atoms with Crippen LogP contribution in [0.1, 0.15) is 71.0 Å². The van der Waals surface area contributed by atoms with E-state index in [-0.39, 0.29) is 29.6 Å². The maximum absolute atomic E-state index is 12.3. The van der Waals surface area contributed by atoms with Gasteiger partial charge in [0.2, 0.25) is 11.7 Å². The molecule has 12 heteroatoms. The Hall–Kier alpha value is -3.57. The Labute approximate surface area is 191 Å². The van der Waals surface area contributed by atoms with Gasteiger partial charge in [-0.15, -0.1) is 10.2 Å². The summed E-state index contributed by atoms with van der Waals surface area (Å²) >= 11 is 0. The van der Waals surface area contributed by atoms with Crippen LogP contribution in [-0.2, 0) is 4.74 Å². The first-order chi connectivity index (χ1) is 15.6. The van der Waals surface area contributed by atoms with Crippen LogP contribution in [0, 0.1) is 0 Å². The normalized spacial score (nSPS) is 15.3. The number of aromatic nitrogens is 7. The van der Waals surface area contributed by atoms with E-state index < -0.39 is 5.60 Å². The first-order valence-corrected chi connectivity index (χ1v) is 11.0. The summed E-state index contributed by atoms with van der Waals surface area (Å²) in [4.78, 5) is 27.4. The van der Waals surface area contributed by atoms with Crippen molar-refractivity contribution in [1.29, 1.82) is 0 Å². The van der Waals surface area contributed by atoms with Gasteiger partial charge in [-0.3, -0.25) is 5.10 Å². The highest BCUT2D eigenvalue weighted by Crippen LogP contribution is 2.29. The first-order valence-electron chi connectivity index (χ1n) is 11.0. The van der Waals surface area contributed by atoms with Crippen molar-refractivity contribution < 1.29 is 13.9 Å². The van der Waals surface area contributed by atoms with Crippen molar-refractivity contribution >= 4 is 11.9 Å². The lowest BCUT2D eigenvalue weighted by atomic mass is 9.96. The molecule has 1 amide bonds. The number of nitrogens with zero attached hydrogens (tertiary/aromatic N) is 7. The van der Waals surface area contributed by atoms with Gasteiger partial charge in [-0.2, -0.15) is 5.10 Å². The van der Waals surface area contributed by atoms with Crippen LogP contribution >= 0.6 is 0 Å². The van der Waals surface area contributed by atoms with Crippen molar-refractivity contribution in [2.45, 2.75) is 64.9 Å². The van der Waals surface area contributed by atoms with Crippen molar-refractivity contribution in [3.63, 3.8) is 0 Å². The molecule has 3 N–H and O–H groups in total. The van der Waals surface area contributed by atoms with Gasteiger partial charge in [-0.1, -0.05) is 13.8 Å². The number of amides is 1. The molecule has 1 fully saturated rings. The van der Waals surface area contributed by atoms with Gasteiger partial charge < -0.3 is 19.8 Å². The van der Waals surface area contributed by atoms with Gasteiger partial charge in [0.05, 0.1) is 6.20 Å². The topological polar surface area (TPSA) is 162 Å². The standard InChI is InChI=1S/C21H29N9O3/c1-11(2)18-28-29-19(32-18)14-15(22)23-10-13(24-14)17-25-16(26-27-17)12-6-8-30(9-7-12)20(31)33-21(3,4)5/h10-12H,6-9H2,1-5H3,(H2,22,23)(H,25,26,27). The number of hydrogen-bond acceptors (Lipinski definition) is 10. The minimum atomic E-state index is -0.510. The van der Waals surface area contributed by atoms with E-state index in [1.54, 1.807) is 4.90 Å². The highest BCUT2D eigenvalue weighted by atomic mass is 16.6. The molecule has 3 aromatic rings. The number of nitrogens with one attached hydrogen (secondary N) is 1. The average Bonchev–Trinajstić information content (AvgIpc) is 3.43. The second kappa shape index (κ2) is 8.75. The number of ether oxygens (including phenoxy) is 1. The SMILES string of the molecule is CC(C)c1nnc(-c2nc(-c3n[nH]c(C4CCN(C(=O)OC(C)(C)C)CC4)n3)cnc2N)o1. The van der Waals surface area contributed by atoms with Gasteiger partial charge >= 0.3 is 6.09 Å². The molecule has 1 aliphatic rings. The summed E-state index contributed by atoms with van der Waals surface area (Å²) in [5.74, 6) is 2.26. The van der Waals surface area contributed by atoms with Crippen molar-refractivity contribution in [2.75, 3.05) is 18.8 Å². The predicted molar refractivity (Wildman–Crippen MR) is 119 cm³/mol. The average molecular weight is 456 g/mol. The molecule has 0 saturated carbocycles. The van der Waals surface area contributed by atoms with Gasteiger partial charge in [-0.05, 0) is 33.6 Å². The first kappa shape index (κ1) is 22.6. The van der Waals surface area contributed by atoms with E-state index in [1.165, 1.54) is 6.20 Å². The number of likely N-dealkylation sites (tertiary alicyclic amines) is 1. The number of nitrogen functional groups attached to an aromatic ring is 1. The van der Waals surface area contributed by atoms with Crippen LogP contribution in [0.15, 0.2) is 10.6 Å². The van der Waals surface area contributed by atoms with E-state index in [2.05, 4.69) is 35.3 Å². The highest BCUT2D eigenvalue weighted by Gasteiger charge is 2.29. The van der Waals surface area contributed by atoms with Crippen LogP contribution in [0.5, 0.6) is 0 Å². The summed E-state index contributed by atoms with van der Waals surface area (Å²) in [6.45, 7) is 10.7. The number of hydrogen-bond donors (Lipinski definition) is 2. The Morgan fingerprint density at radius 1 is 1.24 bits per heavy atom. The summed E-state index contributed by atoms with van der Waals surface area (Å²) in [5, 5.41) is 15.4. The van der Waals surface area contributed by atoms with Crippen LogP contribution in [0.2, 0.25) is 0 Å². The molecule has 0 bridgehead atoms. The van der Waals surface area contributed by atoms with Gasteiger partial charge in [0.1, 0.15) is 17.1 Å². The van der Waals surface area contributed by atoms with Crippen LogP contribution in [0.25, 0.3) is 23.1 Å². The van der Waals surface area contributed by atoms with Crippen molar-refractivity contribution in [1.82, 2.24) is 40.2 Å². The summed E-state index contributed by atoms with van der Waals surface area (Å²) in [6, 6.07) is 0. The van der Waals surface area contributed by atoms with Crippen LogP contribution in [0.4, 0.5) is 10.6 Å². The maximum atomic E-state index is 12.3. The molecule has 33 heavy (non-hydrogen) atoms. The molecule has 3 aromatic heterocycles. The predicted octanol–water partition coefficient (Wildman–Crippen LogP) is 3.13. The van der Waals surface area contributed by atoms with E-state index >= 15 is 0 Å². The van der Waals surface area contributed by atoms with Crippen molar-refractivity contribution in [3.8, 4) is 23.1 Å². The summed E-state index contributed by atoms with van der Waals surface area (Å²) < 4.78 is 11.1. The number of carbonyl (C=O) groups excluding carboxylic acids is 1. The molecule has 0 unspecified atom stereocenters. The zero-order chi connectivity index (χ0) is 23.8. The number of anilines is 1. The minimum Gasteiger partial charge on any atom is -0.444 e.